The lowest BCUT2D eigenvalue weighted by atomic mass is 9.76. The van der Waals surface area contributed by atoms with Gasteiger partial charge in [0, 0.05) is 65.1 Å². The number of nitrogens with zero attached hydrogens (tertiary/aromatic N) is 4. The second kappa shape index (κ2) is 14.6. The number of fused-ring (bicyclic) bond motifs is 2. The van der Waals surface area contributed by atoms with Gasteiger partial charge in [0.05, 0.1) is 18.3 Å². The third kappa shape index (κ3) is 7.89. The Kier molecular flexibility index (Phi) is 10.8. The number of carbonyl (C=O) groups is 3. The third-order valence-electron chi connectivity index (χ3n) is 10.4. The van der Waals surface area contributed by atoms with Crippen LogP contribution in [0, 0.1) is 11.8 Å². The number of carbonyl (C=O) groups excluding carboxylic acids is 3. The van der Waals surface area contributed by atoms with Crippen molar-refractivity contribution in [2.24, 2.45) is 11.8 Å². The summed E-state index contributed by atoms with van der Waals surface area (Å²) in [7, 11) is 0. The number of rotatable bonds is 4. The van der Waals surface area contributed by atoms with Gasteiger partial charge in [0.1, 0.15) is 11.6 Å². The van der Waals surface area contributed by atoms with Gasteiger partial charge in [-0.05, 0) is 122 Å². The van der Waals surface area contributed by atoms with Crippen molar-refractivity contribution < 1.29 is 24.2 Å². The summed E-state index contributed by atoms with van der Waals surface area (Å²) in [6, 6.07) is 5.56. The van der Waals surface area contributed by atoms with Crippen LogP contribution in [0.25, 0.3) is 0 Å². The summed E-state index contributed by atoms with van der Waals surface area (Å²) in [5, 5.41) is 11.0. The van der Waals surface area contributed by atoms with Crippen LogP contribution in [0.1, 0.15) is 87.6 Å². The van der Waals surface area contributed by atoms with E-state index in [1.165, 1.54) is 21.6 Å². The Morgan fingerprint density at radius 1 is 0.979 bits per heavy atom. The Morgan fingerprint density at radius 2 is 1.65 bits per heavy atom. The Bertz CT molecular complexity index is 1550. The SMILES string of the molecule is CC(C)(C)OC(=O)N1C[C@H](O)CC1C(=O)N1CCC(CC(=O)N2CCC([C@H]3c4ncc(Br)cc4CCc4cc(Cl)cc(Br)c43)CC2)CC1. The van der Waals surface area contributed by atoms with E-state index >= 15 is 0 Å². The van der Waals surface area contributed by atoms with E-state index < -0.39 is 23.8 Å². The second-order valence-electron chi connectivity index (χ2n) is 14.9. The number of benzene rings is 1. The molecule has 4 aliphatic rings. The van der Waals surface area contributed by atoms with Crippen LogP contribution < -0.4 is 0 Å². The van der Waals surface area contributed by atoms with E-state index in [0.29, 0.717) is 38.5 Å². The number of aromatic nitrogens is 1. The fraction of sp³-hybridized carbons (Fsp3) is 0.611. The number of β-amino-alcohol motifs (C(OH)–C–C–N with tert-alkyl or cyclic N) is 1. The van der Waals surface area contributed by atoms with Crippen molar-refractivity contribution in [2.75, 3.05) is 32.7 Å². The highest BCUT2D eigenvalue weighted by molar-refractivity contribution is 9.10. The molecule has 0 radical (unpaired) electrons. The number of halogens is 3. The number of aliphatic hydroxyl groups excluding tert-OH is 1. The standard InChI is InChI=1S/C36H45Br2ClN4O5/c1-36(2,3)48-35(47)43-20-27(44)18-29(43)34(46)42-10-6-21(7-11-42)14-30(45)41-12-8-22(9-13-41)32-31-23(16-26(39)17-28(31)38)4-5-24-15-25(37)19-40-33(24)32/h15-17,19,21-22,27,29,32,44H,4-14,18,20H2,1-3H3/t27-,29?,32-/m1/s1. The second-order valence-corrected chi connectivity index (χ2v) is 17.1. The monoisotopic (exact) mass is 806 g/mol. The van der Waals surface area contributed by atoms with Gasteiger partial charge in [-0.25, -0.2) is 4.79 Å². The maximum atomic E-state index is 13.5. The number of hydrogen-bond acceptors (Lipinski definition) is 6. The van der Waals surface area contributed by atoms with Crippen molar-refractivity contribution in [3.8, 4) is 0 Å². The first kappa shape index (κ1) is 35.6. The van der Waals surface area contributed by atoms with Crippen LogP contribution in [0.4, 0.5) is 4.79 Å². The first-order valence-electron chi connectivity index (χ1n) is 17.1. The minimum atomic E-state index is -0.753. The smallest absolute Gasteiger partial charge is 0.411 e. The number of hydrogen-bond donors (Lipinski definition) is 1. The summed E-state index contributed by atoms with van der Waals surface area (Å²) < 4.78 is 7.51. The van der Waals surface area contributed by atoms with Crippen molar-refractivity contribution >= 4 is 61.4 Å². The molecule has 1 aromatic carbocycles. The molecule has 3 aliphatic heterocycles. The molecular weight excluding hydrogens is 764 g/mol. The maximum Gasteiger partial charge on any atom is 0.411 e. The lowest BCUT2D eigenvalue weighted by molar-refractivity contribution is -0.138. The van der Waals surface area contributed by atoms with Gasteiger partial charge in [-0.2, -0.15) is 0 Å². The molecule has 0 bridgehead atoms. The summed E-state index contributed by atoms with van der Waals surface area (Å²) in [6.45, 7) is 7.95. The van der Waals surface area contributed by atoms with Gasteiger partial charge >= 0.3 is 6.09 Å². The molecule has 1 N–H and O–H groups in total. The van der Waals surface area contributed by atoms with Crippen LogP contribution in [0.2, 0.25) is 5.02 Å². The molecule has 9 nitrogen and oxygen atoms in total. The molecule has 6 rings (SSSR count). The van der Waals surface area contributed by atoms with E-state index in [2.05, 4.69) is 44.0 Å². The van der Waals surface area contributed by atoms with E-state index in [1.807, 2.05) is 17.2 Å². The molecule has 0 saturated carbocycles. The van der Waals surface area contributed by atoms with Gasteiger partial charge < -0.3 is 19.6 Å². The third-order valence-corrected chi connectivity index (χ3v) is 11.7. The minimum absolute atomic E-state index is 0.0899. The number of likely N-dealkylation sites (tertiary alicyclic amines) is 3. The molecule has 12 heteroatoms. The molecule has 1 unspecified atom stereocenters. The van der Waals surface area contributed by atoms with Crippen LogP contribution in [0.3, 0.4) is 0 Å². The van der Waals surface area contributed by atoms with Crippen molar-refractivity contribution in [3.63, 3.8) is 0 Å². The van der Waals surface area contributed by atoms with Gasteiger partial charge in [0.15, 0.2) is 0 Å². The largest absolute Gasteiger partial charge is 0.444 e. The van der Waals surface area contributed by atoms with Gasteiger partial charge in [-0.1, -0.05) is 27.5 Å². The van der Waals surface area contributed by atoms with Crippen LogP contribution in [-0.2, 0) is 27.2 Å². The molecule has 3 atom stereocenters. The average molecular weight is 809 g/mol. The number of aryl methyl sites for hydroxylation is 2. The number of aliphatic hydroxyl groups is 1. The highest BCUT2D eigenvalue weighted by atomic mass is 79.9. The number of piperidine rings is 2. The van der Waals surface area contributed by atoms with Gasteiger partial charge in [0.25, 0.3) is 0 Å². The highest BCUT2D eigenvalue weighted by Crippen LogP contribution is 2.46. The summed E-state index contributed by atoms with van der Waals surface area (Å²) in [4.78, 5) is 49.9. The zero-order valence-corrected chi connectivity index (χ0v) is 31.8. The molecule has 1 aromatic heterocycles. The first-order chi connectivity index (χ1) is 22.8. The van der Waals surface area contributed by atoms with Gasteiger partial charge in [-0.3, -0.25) is 19.5 Å². The van der Waals surface area contributed by atoms with E-state index in [0.717, 1.165) is 58.2 Å². The quantitative estimate of drug-likeness (QED) is 0.368. The molecule has 48 heavy (non-hydrogen) atoms. The highest BCUT2D eigenvalue weighted by Gasteiger charge is 2.43. The lowest BCUT2D eigenvalue weighted by Crippen LogP contribution is -2.51. The van der Waals surface area contributed by atoms with Crippen LogP contribution in [0.15, 0.2) is 33.3 Å². The predicted molar refractivity (Wildman–Crippen MR) is 191 cm³/mol. The summed E-state index contributed by atoms with van der Waals surface area (Å²) in [6.07, 6.45) is 6.35. The minimum Gasteiger partial charge on any atom is -0.444 e. The molecular formula is C36H45Br2ClN4O5. The van der Waals surface area contributed by atoms with Gasteiger partial charge in [0.2, 0.25) is 11.8 Å². The topological polar surface area (TPSA) is 103 Å². The Morgan fingerprint density at radius 3 is 2.33 bits per heavy atom. The Balaban J connectivity index is 1.04. The van der Waals surface area contributed by atoms with E-state index in [9.17, 15) is 19.5 Å². The summed E-state index contributed by atoms with van der Waals surface area (Å²) >= 11 is 13.9. The molecule has 3 saturated heterocycles. The van der Waals surface area contributed by atoms with E-state index in [1.54, 1.807) is 25.7 Å². The normalized spacial score (nSPS) is 23.8. The Labute approximate surface area is 305 Å². The number of amides is 3. The van der Waals surface area contributed by atoms with E-state index in [4.69, 9.17) is 21.3 Å². The molecule has 3 amide bonds. The first-order valence-corrected chi connectivity index (χ1v) is 19.1. The zero-order chi connectivity index (χ0) is 34.3. The van der Waals surface area contributed by atoms with Crippen molar-refractivity contribution in [3.05, 3.63) is 60.7 Å². The molecule has 2 aromatic rings. The molecule has 0 spiro atoms. The van der Waals surface area contributed by atoms with Crippen LogP contribution in [-0.4, -0.2) is 93.2 Å². The van der Waals surface area contributed by atoms with Crippen molar-refractivity contribution in [1.29, 1.82) is 0 Å². The van der Waals surface area contributed by atoms with Crippen LogP contribution in [0.5, 0.6) is 0 Å². The molecule has 1 aliphatic carbocycles. The van der Waals surface area contributed by atoms with Gasteiger partial charge in [-0.15, -0.1) is 0 Å². The maximum absolute atomic E-state index is 13.5. The Hall–Kier alpha value is -2.21. The molecule has 260 valence electrons. The predicted octanol–water partition coefficient (Wildman–Crippen LogP) is 6.73. The molecule has 3 fully saturated rings. The molecule has 4 heterocycles. The zero-order valence-electron chi connectivity index (χ0n) is 27.9. The fourth-order valence-electron chi connectivity index (χ4n) is 8.03. The summed E-state index contributed by atoms with van der Waals surface area (Å²) in [5.74, 6) is 0.717. The number of pyridine rings is 1. The van der Waals surface area contributed by atoms with Crippen LogP contribution >= 0.6 is 43.5 Å². The van der Waals surface area contributed by atoms with E-state index in [-0.39, 0.29) is 36.6 Å². The summed E-state index contributed by atoms with van der Waals surface area (Å²) in [5.41, 5.74) is 4.25. The average Bonchev–Trinajstić information content (AvgIpc) is 3.35. The number of ether oxygens (including phenoxy) is 1. The van der Waals surface area contributed by atoms with Crippen molar-refractivity contribution in [2.45, 2.75) is 95.8 Å². The van der Waals surface area contributed by atoms with Crippen molar-refractivity contribution in [1.82, 2.24) is 19.7 Å². The lowest BCUT2D eigenvalue weighted by Gasteiger charge is -2.38. The fourth-order valence-corrected chi connectivity index (χ4v) is 9.53.